The molecule has 35 heavy (non-hydrogen) atoms. The van der Waals surface area contributed by atoms with Crippen molar-refractivity contribution in [1.29, 1.82) is 0 Å². The largest absolute Gasteiger partial charge is 0.465 e. The van der Waals surface area contributed by atoms with Crippen molar-refractivity contribution in [3.05, 3.63) is 73.8 Å². The Kier molecular flexibility index (Phi) is 5.88. The second kappa shape index (κ2) is 8.70. The van der Waals surface area contributed by atoms with E-state index in [0.717, 1.165) is 12.1 Å². The zero-order chi connectivity index (χ0) is 25.5. The first-order valence-electron chi connectivity index (χ1n) is 10.1. The molecule has 2 aromatic heterocycles. The van der Waals surface area contributed by atoms with Gasteiger partial charge in [-0.2, -0.15) is 18.3 Å². The summed E-state index contributed by atoms with van der Waals surface area (Å²) in [5, 5.41) is 29.9. The third-order valence-corrected chi connectivity index (χ3v) is 5.52. The van der Waals surface area contributed by atoms with Gasteiger partial charge < -0.3 is 15.3 Å². The van der Waals surface area contributed by atoms with Gasteiger partial charge in [0, 0.05) is 30.3 Å². The number of nitro groups is 1. The molecule has 0 saturated heterocycles. The molecule has 1 aliphatic rings. The monoisotopic (exact) mass is 490 g/mol. The zero-order valence-corrected chi connectivity index (χ0v) is 18.0. The summed E-state index contributed by atoms with van der Waals surface area (Å²) >= 11 is 0. The fourth-order valence-corrected chi connectivity index (χ4v) is 3.67. The fourth-order valence-electron chi connectivity index (χ4n) is 3.67. The topological polar surface area (TPSA) is 154 Å². The number of fused-ring (bicyclic) bond motifs is 1. The summed E-state index contributed by atoms with van der Waals surface area (Å²) in [6, 6.07) is 2.94. The van der Waals surface area contributed by atoms with Crippen LogP contribution in [0.15, 0.2) is 41.3 Å². The number of alkyl halides is 3. The molecule has 0 fully saturated rings. The predicted octanol–water partition coefficient (Wildman–Crippen LogP) is 3.80. The summed E-state index contributed by atoms with van der Waals surface area (Å²) in [7, 11) is 0. The molecule has 3 aromatic rings. The molecule has 0 saturated carbocycles. The van der Waals surface area contributed by atoms with Crippen LogP contribution in [0.4, 0.5) is 29.5 Å². The number of carbonyl (C=O) groups is 1. The van der Waals surface area contributed by atoms with E-state index in [1.165, 1.54) is 24.1 Å². The van der Waals surface area contributed by atoms with Crippen LogP contribution in [0.3, 0.4) is 0 Å². The zero-order valence-electron chi connectivity index (χ0n) is 18.0. The molecule has 0 bridgehead atoms. The highest BCUT2D eigenvalue weighted by Crippen LogP contribution is 2.35. The van der Waals surface area contributed by atoms with Gasteiger partial charge >= 0.3 is 12.3 Å². The lowest BCUT2D eigenvalue weighted by molar-refractivity contribution is -0.385. The molecule has 0 radical (unpaired) electrons. The summed E-state index contributed by atoms with van der Waals surface area (Å²) in [4.78, 5) is 39.1. The summed E-state index contributed by atoms with van der Waals surface area (Å²) in [6.45, 7) is 1.76. The van der Waals surface area contributed by atoms with E-state index in [1.807, 2.05) is 0 Å². The molecule has 0 aliphatic carbocycles. The number of H-pyrrole nitrogens is 1. The lowest BCUT2D eigenvalue weighted by Crippen LogP contribution is -2.26. The number of aromatic amines is 1. The third kappa shape index (κ3) is 4.76. The Morgan fingerprint density at radius 3 is 2.66 bits per heavy atom. The molecule has 1 aromatic carbocycles. The third-order valence-electron chi connectivity index (χ3n) is 5.52. The van der Waals surface area contributed by atoms with E-state index in [4.69, 9.17) is 5.11 Å². The van der Waals surface area contributed by atoms with E-state index in [-0.39, 0.29) is 29.9 Å². The Bertz CT molecular complexity index is 1440. The summed E-state index contributed by atoms with van der Waals surface area (Å²) in [6.07, 6.45) is -2.91. The normalized spacial score (nSPS) is 14.6. The number of nitrogens with zero attached hydrogens (tertiary/aromatic N) is 4. The smallest absolute Gasteiger partial charge is 0.416 e. The highest BCUT2D eigenvalue weighted by atomic mass is 19.4. The minimum atomic E-state index is -4.79. The van der Waals surface area contributed by atoms with Crippen molar-refractivity contribution >= 4 is 33.9 Å². The van der Waals surface area contributed by atoms with Crippen molar-refractivity contribution in [2.75, 3.05) is 18.4 Å². The number of nitro benzene ring substituents is 1. The van der Waals surface area contributed by atoms with Gasteiger partial charge in [-0.15, -0.1) is 0 Å². The van der Waals surface area contributed by atoms with E-state index in [9.17, 15) is 32.9 Å². The van der Waals surface area contributed by atoms with Crippen molar-refractivity contribution in [2.24, 2.45) is 0 Å². The van der Waals surface area contributed by atoms with E-state index in [0.29, 0.717) is 22.7 Å². The van der Waals surface area contributed by atoms with Gasteiger partial charge in [0.25, 0.3) is 11.2 Å². The number of hydrogen-bond donors (Lipinski definition) is 3. The Morgan fingerprint density at radius 1 is 1.29 bits per heavy atom. The molecule has 14 heteroatoms. The first kappa shape index (κ1) is 23.7. The van der Waals surface area contributed by atoms with Gasteiger partial charge in [-0.1, -0.05) is 6.08 Å². The molecule has 3 heterocycles. The van der Waals surface area contributed by atoms with Crippen LogP contribution in [-0.4, -0.2) is 49.3 Å². The maximum atomic E-state index is 13.3. The number of amides is 1. The lowest BCUT2D eigenvalue weighted by atomic mass is 10.0. The number of rotatable bonds is 5. The minimum Gasteiger partial charge on any atom is -0.465 e. The van der Waals surface area contributed by atoms with Crippen molar-refractivity contribution in [3.63, 3.8) is 0 Å². The molecule has 0 spiro atoms. The first-order valence-corrected chi connectivity index (χ1v) is 10.1. The summed E-state index contributed by atoms with van der Waals surface area (Å²) in [5.74, 6) is 0.101. The van der Waals surface area contributed by atoms with Gasteiger partial charge in [-0.3, -0.25) is 19.9 Å². The van der Waals surface area contributed by atoms with Gasteiger partial charge in [0.05, 0.1) is 34.2 Å². The number of hydrogen-bond acceptors (Lipinski definition) is 7. The Morgan fingerprint density at radius 2 is 2.03 bits per heavy atom. The predicted molar refractivity (Wildman–Crippen MR) is 118 cm³/mol. The van der Waals surface area contributed by atoms with Gasteiger partial charge in [0.15, 0.2) is 5.82 Å². The van der Waals surface area contributed by atoms with Crippen LogP contribution in [-0.2, 0) is 6.18 Å². The molecule has 11 nitrogen and oxygen atoms in total. The molecule has 3 N–H and O–H groups in total. The van der Waals surface area contributed by atoms with Crippen LogP contribution in [0.25, 0.3) is 16.3 Å². The maximum Gasteiger partial charge on any atom is 0.416 e. The van der Waals surface area contributed by atoms with E-state index in [2.05, 4.69) is 20.5 Å². The number of nitrogens with one attached hydrogen (secondary N) is 2. The van der Waals surface area contributed by atoms with Crippen LogP contribution in [0.1, 0.15) is 29.8 Å². The highest BCUT2D eigenvalue weighted by molar-refractivity contribution is 5.92. The molecular weight excluding hydrogens is 473 g/mol. The van der Waals surface area contributed by atoms with Gasteiger partial charge in [0.1, 0.15) is 0 Å². The second-order valence-corrected chi connectivity index (χ2v) is 7.84. The number of aromatic nitrogens is 3. The number of non-ortho nitro benzene ring substituents is 1. The van der Waals surface area contributed by atoms with Crippen molar-refractivity contribution < 1.29 is 28.0 Å². The van der Waals surface area contributed by atoms with Crippen LogP contribution in [0.5, 0.6) is 0 Å². The quantitative estimate of drug-likeness (QED) is 0.360. The Balaban J connectivity index is 1.72. The number of anilines is 1. The SMILES string of the molecule is C[C@@H](Nc1n[nH]c(=O)c2cnc(C3=CCN(C(=O)O)C3)cc12)c1cc([N+](=O)[O-])cc(C(F)(F)F)c1. The molecule has 0 unspecified atom stereocenters. The average Bonchev–Trinajstić information content (AvgIpc) is 3.30. The molecule has 182 valence electrons. The molecule has 1 atom stereocenters. The van der Waals surface area contributed by atoms with E-state index in [1.54, 1.807) is 6.08 Å². The van der Waals surface area contributed by atoms with Gasteiger partial charge in [0.2, 0.25) is 0 Å². The first-order chi connectivity index (χ1) is 16.4. The van der Waals surface area contributed by atoms with Crippen molar-refractivity contribution in [2.45, 2.75) is 19.1 Å². The molecule has 4 rings (SSSR count). The number of benzene rings is 1. The summed E-state index contributed by atoms with van der Waals surface area (Å²) < 4.78 is 39.8. The number of halogens is 3. The van der Waals surface area contributed by atoms with Crippen LogP contribution in [0, 0.1) is 10.1 Å². The van der Waals surface area contributed by atoms with E-state index >= 15 is 0 Å². The highest BCUT2D eigenvalue weighted by Gasteiger charge is 2.33. The minimum absolute atomic E-state index is 0.0162. The van der Waals surface area contributed by atoms with Gasteiger partial charge in [-0.25, -0.2) is 9.89 Å². The second-order valence-electron chi connectivity index (χ2n) is 7.84. The molecule has 1 aliphatic heterocycles. The maximum absolute atomic E-state index is 13.3. The lowest BCUT2D eigenvalue weighted by Gasteiger charge is -2.18. The standard InChI is InChI=1S/C21H17F3N6O5/c1-10(12-4-13(21(22,23)24)6-14(5-12)30(34)35)26-18-15-7-17(11-2-3-29(9-11)20(32)33)25-8-16(15)19(31)28-27-18/h2,4-8,10H,3,9H2,1H3,(H,26,27)(H,28,31)(H,32,33)/t10-/m1/s1. The van der Waals surface area contributed by atoms with Gasteiger partial charge in [-0.05, 0) is 30.2 Å². The number of pyridine rings is 1. The van der Waals surface area contributed by atoms with Crippen LogP contribution in [0.2, 0.25) is 0 Å². The van der Waals surface area contributed by atoms with Crippen LogP contribution < -0.4 is 10.9 Å². The summed E-state index contributed by atoms with van der Waals surface area (Å²) in [5.41, 5.74) is -1.44. The Hall–Kier alpha value is -4.49. The average molecular weight is 490 g/mol. The molecular formula is C21H17F3N6O5. The number of carboxylic acid groups (broad SMARTS) is 1. The Labute approximate surface area is 194 Å². The van der Waals surface area contributed by atoms with E-state index < -0.39 is 40.0 Å². The fraction of sp³-hybridized carbons (Fsp3) is 0.238. The van der Waals surface area contributed by atoms with Crippen LogP contribution >= 0.6 is 0 Å². The van der Waals surface area contributed by atoms with Crippen molar-refractivity contribution in [3.8, 4) is 0 Å². The molecule has 1 amide bonds. The van der Waals surface area contributed by atoms with Crippen molar-refractivity contribution in [1.82, 2.24) is 20.1 Å².